The van der Waals surface area contributed by atoms with Gasteiger partial charge in [-0.1, -0.05) is 24.3 Å². The van der Waals surface area contributed by atoms with Crippen LogP contribution in [0.2, 0.25) is 0 Å². The number of Topliss-reactive ketones (excluding diaryl/α,β-unsaturated/α-hetero) is 1. The van der Waals surface area contributed by atoms with E-state index in [9.17, 15) is 9.59 Å². The van der Waals surface area contributed by atoms with Gasteiger partial charge in [-0.05, 0) is 0 Å². The first kappa shape index (κ1) is 12.0. The first-order valence-electron chi connectivity index (χ1n) is 5.81. The molecule has 1 aliphatic rings. The number of aldehydes is 1. The number of carbonyl (C=O) groups excluding carboxylic acids is 2. The van der Waals surface area contributed by atoms with Gasteiger partial charge in [-0.15, -0.1) is 0 Å². The molecule has 4 nitrogen and oxygen atoms in total. The Morgan fingerprint density at radius 2 is 1.88 bits per heavy atom. The van der Waals surface area contributed by atoms with Crippen LogP contribution in [0.15, 0.2) is 24.3 Å². The molecule has 1 heterocycles. The van der Waals surface area contributed by atoms with Gasteiger partial charge in [0.1, 0.15) is 6.29 Å². The summed E-state index contributed by atoms with van der Waals surface area (Å²) < 4.78 is 0. The molecule has 0 unspecified atom stereocenters. The molecule has 2 rings (SSSR count). The number of rotatable bonds is 4. The average molecular weight is 232 g/mol. The van der Waals surface area contributed by atoms with Gasteiger partial charge < -0.3 is 5.32 Å². The fourth-order valence-corrected chi connectivity index (χ4v) is 1.91. The maximum absolute atomic E-state index is 12.0. The maximum atomic E-state index is 12.0. The highest BCUT2D eigenvalue weighted by Gasteiger charge is 2.14. The molecule has 1 saturated heterocycles. The van der Waals surface area contributed by atoms with Crippen molar-refractivity contribution in [2.75, 3.05) is 32.7 Å². The molecule has 0 radical (unpaired) electrons. The van der Waals surface area contributed by atoms with E-state index in [1.165, 1.54) is 0 Å². The third-order valence-electron chi connectivity index (χ3n) is 2.95. The Morgan fingerprint density at radius 3 is 2.47 bits per heavy atom. The zero-order valence-electron chi connectivity index (χ0n) is 9.69. The summed E-state index contributed by atoms with van der Waals surface area (Å²) in [6, 6.07) is 6.79. The molecule has 0 saturated carbocycles. The minimum Gasteiger partial charge on any atom is -0.314 e. The topological polar surface area (TPSA) is 49.4 Å². The van der Waals surface area contributed by atoms with E-state index in [1.807, 2.05) is 0 Å². The molecular formula is C13H16N2O2. The van der Waals surface area contributed by atoms with Gasteiger partial charge in [0, 0.05) is 37.3 Å². The van der Waals surface area contributed by atoms with Gasteiger partial charge in [0.05, 0.1) is 6.54 Å². The molecule has 1 N–H and O–H groups in total. The third kappa shape index (κ3) is 3.22. The molecule has 0 amide bonds. The molecule has 1 aromatic rings. The molecule has 0 aromatic heterocycles. The molecule has 0 atom stereocenters. The molecular weight excluding hydrogens is 216 g/mol. The van der Waals surface area contributed by atoms with Crippen molar-refractivity contribution in [3.8, 4) is 0 Å². The number of carbonyl (C=O) groups is 2. The molecule has 0 aliphatic carbocycles. The van der Waals surface area contributed by atoms with Crippen molar-refractivity contribution in [1.29, 1.82) is 0 Å². The van der Waals surface area contributed by atoms with Crippen molar-refractivity contribution in [1.82, 2.24) is 10.2 Å². The minimum absolute atomic E-state index is 0.115. The number of benzene rings is 1. The lowest BCUT2D eigenvalue weighted by atomic mass is 10.1. The Labute approximate surface area is 101 Å². The summed E-state index contributed by atoms with van der Waals surface area (Å²) in [5, 5.41) is 3.25. The zero-order chi connectivity index (χ0) is 12.1. The predicted octanol–water partition coefficient (Wildman–Crippen LogP) is 0.587. The van der Waals surface area contributed by atoms with Crippen LogP contribution in [-0.2, 0) is 0 Å². The Kier molecular flexibility index (Phi) is 4.01. The van der Waals surface area contributed by atoms with Gasteiger partial charge >= 0.3 is 0 Å². The Hall–Kier alpha value is -1.52. The lowest BCUT2D eigenvalue weighted by Crippen LogP contribution is -2.45. The highest BCUT2D eigenvalue weighted by molar-refractivity contribution is 5.98. The van der Waals surface area contributed by atoms with Crippen molar-refractivity contribution >= 4 is 12.1 Å². The molecule has 90 valence electrons. The monoisotopic (exact) mass is 232 g/mol. The van der Waals surface area contributed by atoms with Gasteiger partial charge in [-0.3, -0.25) is 14.5 Å². The fourth-order valence-electron chi connectivity index (χ4n) is 1.91. The first-order valence-corrected chi connectivity index (χ1v) is 5.81. The van der Waals surface area contributed by atoms with Gasteiger partial charge in [0.2, 0.25) is 0 Å². The van der Waals surface area contributed by atoms with Crippen LogP contribution >= 0.6 is 0 Å². The second kappa shape index (κ2) is 5.70. The van der Waals surface area contributed by atoms with Crippen molar-refractivity contribution in [2.24, 2.45) is 0 Å². The van der Waals surface area contributed by atoms with Crippen LogP contribution in [0.4, 0.5) is 0 Å². The number of nitrogens with one attached hydrogen (secondary N) is 1. The van der Waals surface area contributed by atoms with Crippen LogP contribution in [0.5, 0.6) is 0 Å². The first-order chi connectivity index (χ1) is 8.29. The summed E-state index contributed by atoms with van der Waals surface area (Å²) in [5.41, 5.74) is 1.28. The van der Waals surface area contributed by atoms with E-state index < -0.39 is 0 Å². The number of hydrogen-bond acceptors (Lipinski definition) is 4. The number of nitrogens with zero attached hydrogens (tertiary/aromatic N) is 1. The summed E-state index contributed by atoms with van der Waals surface area (Å²) in [6.07, 6.45) is 0.782. The van der Waals surface area contributed by atoms with Crippen molar-refractivity contribution in [3.05, 3.63) is 35.4 Å². The minimum atomic E-state index is 0.115. The molecule has 1 fully saturated rings. The number of piperazine rings is 1. The predicted molar refractivity (Wildman–Crippen MR) is 65.5 cm³/mol. The fraction of sp³-hybridized carbons (Fsp3) is 0.385. The maximum Gasteiger partial charge on any atom is 0.176 e. The lowest BCUT2D eigenvalue weighted by molar-refractivity contribution is 0.0921. The second-order valence-electron chi connectivity index (χ2n) is 4.19. The van der Waals surface area contributed by atoms with Crippen molar-refractivity contribution in [2.45, 2.75) is 0 Å². The summed E-state index contributed by atoms with van der Waals surface area (Å²) in [7, 11) is 0. The van der Waals surface area contributed by atoms with Gasteiger partial charge in [-0.2, -0.15) is 0 Å². The van der Waals surface area contributed by atoms with Gasteiger partial charge in [0.15, 0.2) is 5.78 Å². The average Bonchev–Trinajstić information content (AvgIpc) is 2.40. The van der Waals surface area contributed by atoms with Crippen LogP contribution in [0.1, 0.15) is 20.7 Å². The second-order valence-corrected chi connectivity index (χ2v) is 4.19. The van der Waals surface area contributed by atoms with E-state index in [-0.39, 0.29) is 5.78 Å². The number of ketones is 1. The largest absolute Gasteiger partial charge is 0.314 e. The molecule has 1 aliphatic heterocycles. The molecule has 17 heavy (non-hydrogen) atoms. The van der Waals surface area contributed by atoms with E-state index in [4.69, 9.17) is 0 Å². The number of hydrogen-bond donors (Lipinski definition) is 1. The molecule has 1 aromatic carbocycles. The standard InChI is InChI=1S/C13H16N2O2/c16-10-11-1-3-12(4-2-11)13(17)9-15-7-5-14-6-8-15/h1-4,10,14H,5-9H2. The highest BCUT2D eigenvalue weighted by Crippen LogP contribution is 2.05. The van der Waals surface area contributed by atoms with Crippen molar-refractivity contribution < 1.29 is 9.59 Å². The molecule has 4 heteroatoms. The molecule has 0 bridgehead atoms. The Morgan fingerprint density at radius 1 is 1.24 bits per heavy atom. The van der Waals surface area contributed by atoms with Crippen LogP contribution < -0.4 is 5.32 Å². The summed E-state index contributed by atoms with van der Waals surface area (Å²) in [4.78, 5) is 24.6. The van der Waals surface area contributed by atoms with Crippen LogP contribution in [-0.4, -0.2) is 49.7 Å². The summed E-state index contributed by atoms with van der Waals surface area (Å²) >= 11 is 0. The van der Waals surface area contributed by atoms with Gasteiger partial charge in [0.25, 0.3) is 0 Å². The Balaban J connectivity index is 1.95. The highest BCUT2D eigenvalue weighted by atomic mass is 16.1. The van der Waals surface area contributed by atoms with Crippen LogP contribution in [0.3, 0.4) is 0 Å². The summed E-state index contributed by atoms with van der Waals surface area (Å²) in [6.45, 7) is 4.17. The van der Waals surface area contributed by atoms with Crippen LogP contribution in [0, 0.1) is 0 Å². The normalized spacial score (nSPS) is 16.7. The van der Waals surface area contributed by atoms with E-state index in [2.05, 4.69) is 10.2 Å². The van der Waals surface area contributed by atoms with E-state index in [0.29, 0.717) is 17.7 Å². The van der Waals surface area contributed by atoms with E-state index >= 15 is 0 Å². The van der Waals surface area contributed by atoms with Crippen LogP contribution in [0.25, 0.3) is 0 Å². The SMILES string of the molecule is O=Cc1ccc(C(=O)CN2CCNCC2)cc1. The quantitative estimate of drug-likeness (QED) is 0.609. The van der Waals surface area contributed by atoms with E-state index in [0.717, 1.165) is 32.5 Å². The Bertz CT molecular complexity index is 394. The smallest absolute Gasteiger partial charge is 0.176 e. The third-order valence-corrected chi connectivity index (χ3v) is 2.95. The lowest BCUT2D eigenvalue weighted by Gasteiger charge is -2.26. The summed E-state index contributed by atoms with van der Waals surface area (Å²) in [5.74, 6) is 0.115. The van der Waals surface area contributed by atoms with E-state index in [1.54, 1.807) is 24.3 Å². The zero-order valence-corrected chi connectivity index (χ0v) is 9.69. The molecule has 0 spiro atoms. The van der Waals surface area contributed by atoms with Gasteiger partial charge in [-0.25, -0.2) is 0 Å². The van der Waals surface area contributed by atoms with Crippen molar-refractivity contribution in [3.63, 3.8) is 0 Å².